The Morgan fingerprint density at radius 2 is 2.03 bits per heavy atom. The van der Waals surface area contributed by atoms with E-state index < -0.39 is 0 Å². The third-order valence-corrected chi connectivity index (χ3v) is 6.86. The molecule has 0 saturated heterocycles. The normalized spacial score (nSPS) is 11.4. The average Bonchev–Trinajstić information content (AvgIpc) is 3.44. The Morgan fingerprint density at radius 3 is 2.81 bits per heavy atom. The molecule has 1 aromatic carbocycles. The van der Waals surface area contributed by atoms with E-state index in [0.29, 0.717) is 29.4 Å². The molecule has 0 aliphatic rings. The van der Waals surface area contributed by atoms with Gasteiger partial charge in [0.05, 0.1) is 16.7 Å². The number of benzene rings is 1. The van der Waals surface area contributed by atoms with E-state index in [2.05, 4.69) is 17.1 Å². The van der Waals surface area contributed by atoms with Crippen molar-refractivity contribution in [2.45, 2.75) is 44.4 Å². The number of hydrogen-bond donors (Lipinski definition) is 0. The van der Waals surface area contributed by atoms with Crippen molar-refractivity contribution in [3.05, 3.63) is 57.0 Å². The van der Waals surface area contributed by atoms with Crippen LogP contribution < -0.4 is 5.56 Å². The van der Waals surface area contributed by atoms with Crippen molar-refractivity contribution in [3.8, 4) is 0 Å². The Morgan fingerprint density at radius 1 is 1.19 bits per heavy atom. The zero-order valence-corrected chi connectivity index (χ0v) is 19.3. The molecule has 4 rings (SSSR count). The average molecular weight is 456 g/mol. The van der Waals surface area contributed by atoms with Crippen molar-refractivity contribution in [2.24, 2.45) is 0 Å². The maximum absolute atomic E-state index is 13.1. The van der Waals surface area contributed by atoms with Crippen LogP contribution in [0.25, 0.3) is 16.7 Å². The first-order valence-corrected chi connectivity index (χ1v) is 12.3. The number of thioether (sulfide) groups is 1. The minimum atomic E-state index is -0.0466. The maximum atomic E-state index is 13.1. The second kappa shape index (κ2) is 9.65. The monoisotopic (exact) mass is 455 g/mol. The molecule has 7 nitrogen and oxygen atoms in total. The Balaban J connectivity index is 1.62. The quantitative estimate of drug-likeness (QED) is 0.281. The third kappa shape index (κ3) is 4.52. The van der Waals surface area contributed by atoms with Crippen LogP contribution in [0.4, 0.5) is 0 Å². The predicted octanol–water partition coefficient (Wildman–Crippen LogP) is 4.05. The lowest BCUT2D eigenvalue weighted by molar-refractivity contribution is -0.127. The van der Waals surface area contributed by atoms with E-state index in [1.54, 1.807) is 20.8 Å². The van der Waals surface area contributed by atoms with Gasteiger partial charge in [-0.2, -0.15) is 11.3 Å². The number of carbonyl (C=O) groups is 1. The predicted molar refractivity (Wildman–Crippen MR) is 126 cm³/mol. The topological polar surface area (TPSA) is 72.5 Å². The smallest absolute Gasteiger partial charge is 0.262 e. The zero-order chi connectivity index (χ0) is 21.8. The molecule has 0 atom stereocenters. The third-order valence-electron chi connectivity index (χ3n) is 5.21. The highest BCUT2D eigenvalue weighted by molar-refractivity contribution is 7.99. The lowest BCUT2D eigenvalue weighted by Gasteiger charge is -2.16. The van der Waals surface area contributed by atoms with Gasteiger partial charge >= 0.3 is 0 Å². The highest BCUT2D eigenvalue weighted by Gasteiger charge is 2.18. The van der Waals surface area contributed by atoms with Crippen LogP contribution in [0.15, 0.2) is 51.0 Å². The molecule has 0 radical (unpaired) electrons. The van der Waals surface area contributed by atoms with E-state index >= 15 is 0 Å². The van der Waals surface area contributed by atoms with E-state index in [9.17, 15) is 9.59 Å². The minimum absolute atomic E-state index is 0.0218. The molecule has 3 aromatic heterocycles. The van der Waals surface area contributed by atoms with Crippen LogP contribution in [0, 0.1) is 0 Å². The number of thiophene rings is 1. The summed E-state index contributed by atoms with van der Waals surface area (Å²) in [5.41, 5.74) is 1.84. The fraction of sp³-hybridized carbons (Fsp3) is 0.364. The number of amides is 1. The van der Waals surface area contributed by atoms with Gasteiger partial charge in [-0.1, -0.05) is 43.7 Å². The summed E-state index contributed by atoms with van der Waals surface area (Å²) in [4.78, 5) is 27.4. The van der Waals surface area contributed by atoms with Gasteiger partial charge in [0, 0.05) is 20.1 Å². The van der Waals surface area contributed by atoms with Gasteiger partial charge in [0.15, 0.2) is 5.16 Å². The van der Waals surface area contributed by atoms with Gasteiger partial charge < -0.3 is 4.90 Å². The Bertz CT molecular complexity index is 1250. The van der Waals surface area contributed by atoms with Crippen LogP contribution in [0.1, 0.15) is 31.7 Å². The van der Waals surface area contributed by atoms with E-state index in [0.717, 1.165) is 30.3 Å². The van der Waals surface area contributed by atoms with Crippen LogP contribution >= 0.6 is 23.1 Å². The molecule has 9 heteroatoms. The summed E-state index contributed by atoms with van der Waals surface area (Å²) in [5.74, 6) is 0.806. The van der Waals surface area contributed by atoms with Gasteiger partial charge in [-0.15, -0.1) is 10.2 Å². The second-order valence-corrected chi connectivity index (χ2v) is 9.19. The molecule has 0 aliphatic carbocycles. The van der Waals surface area contributed by atoms with E-state index in [4.69, 9.17) is 0 Å². The number of nitrogens with zero attached hydrogens (tertiary/aromatic N) is 5. The Kier molecular flexibility index (Phi) is 6.72. The van der Waals surface area contributed by atoms with Crippen LogP contribution in [0.5, 0.6) is 0 Å². The van der Waals surface area contributed by atoms with Gasteiger partial charge in [-0.05, 0) is 40.9 Å². The summed E-state index contributed by atoms with van der Waals surface area (Å²) in [7, 11) is 1.81. The first-order valence-electron chi connectivity index (χ1n) is 10.3. The maximum Gasteiger partial charge on any atom is 0.262 e. The number of para-hydroxylation sites is 1. The second-order valence-electron chi connectivity index (χ2n) is 7.47. The first-order chi connectivity index (χ1) is 15.1. The molecule has 3 heterocycles. The van der Waals surface area contributed by atoms with E-state index in [-0.39, 0.29) is 17.2 Å². The van der Waals surface area contributed by atoms with Gasteiger partial charge in [-0.3, -0.25) is 18.6 Å². The number of hydrogen-bond acceptors (Lipinski definition) is 6. The fourth-order valence-electron chi connectivity index (χ4n) is 3.53. The molecule has 0 saturated carbocycles. The number of carbonyl (C=O) groups excluding carboxylic acids is 1. The summed E-state index contributed by atoms with van der Waals surface area (Å²) in [6, 6.07) is 9.53. The molecule has 0 bridgehead atoms. The molecule has 0 spiro atoms. The van der Waals surface area contributed by atoms with Crippen molar-refractivity contribution in [3.63, 3.8) is 0 Å². The van der Waals surface area contributed by atoms with Gasteiger partial charge in [0.2, 0.25) is 11.7 Å². The summed E-state index contributed by atoms with van der Waals surface area (Å²) >= 11 is 2.97. The van der Waals surface area contributed by atoms with E-state index in [1.807, 2.05) is 52.5 Å². The van der Waals surface area contributed by atoms with Crippen molar-refractivity contribution < 1.29 is 4.79 Å². The van der Waals surface area contributed by atoms with Crippen molar-refractivity contribution in [2.75, 3.05) is 12.8 Å². The van der Waals surface area contributed by atoms with Crippen molar-refractivity contribution in [1.29, 1.82) is 0 Å². The zero-order valence-electron chi connectivity index (χ0n) is 17.7. The fourth-order valence-corrected chi connectivity index (χ4v) is 5.07. The largest absolute Gasteiger partial charge is 0.341 e. The Hall–Kier alpha value is -2.65. The lowest BCUT2D eigenvalue weighted by atomic mass is 10.2. The number of aryl methyl sites for hydroxylation is 1. The standard InChI is InChI=1S/C22H25N5O2S2/c1-3-4-7-11-26-20(29)17-8-5-6-9-18(17)27-21(26)23-24-22(27)31-15-19(28)25(2)13-16-10-12-30-14-16/h5-6,8-10,12,14H,3-4,7,11,13,15H2,1-2H3. The number of rotatable bonds is 9. The van der Waals surface area contributed by atoms with E-state index in [1.165, 1.54) is 11.8 Å². The summed E-state index contributed by atoms with van der Waals surface area (Å²) < 4.78 is 3.61. The lowest BCUT2D eigenvalue weighted by Crippen LogP contribution is -2.27. The number of aromatic nitrogens is 4. The highest BCUT2D eigenvalue weighted by Crippen LogP contribution is 2.22. The molecule has 0 aliphatic heterocycles. The molecule has 0 unspecified atom stereocenters. The molecule has 1 amide bonds. The van der Waals surface area contributed by atoms with Gasteiger partial charge in [-0.25, -0.2) is 0 Å². The SMILES string of the molecule is CCCCCn1c(=O)c2ccccc2n2c(SCC(=O)N(C)Cc3ccsc3)nnc12. The van der Waals surface area contributed by atoms with Crippen LogP contribution in [0.2, 0.25) is 0 Å². The molecule has 162 valence electrons. The number of unbranched alkanes of at least 4 members (excludes halogenated alkanes) is 2. The number of fused-ring (bicyclic) bond motifs is 3. The molecule has 0 N–H and O–H groups in total. The summed E-state index contributed by atoms with van der Waals surface area (Å²) in [5, 5.41) is 14.0. The molecule has 0 fully saturated rings. The van der Waals surface area contributed by atoms with Crippen molar-refractivity contribution in [1.82, 2.24) is 24.1 Å². The van der Waals surface area contributed by atoms with Gasteiger partial charge in [0.1, 0.15) is 0 Å². The van der Waals surface area contributed by atoms with Crippen LogP contribution in [0.3, 0.4) is 0 Å². The van der Waals surface area contributed by atoms with Crippen LogP contribution in [-0.2, 0) is 17.9 Å². The van der Waals surface area contributed by atoms with Crippen molar-refractivity contribution >= 4 is 45.7 Å². The summed E-state index contributed by atoms with van der Waals surface area (Å²) in [6.07, 6.45) is 3.03. The minimum Gasteiger partial charge on any atom is -0.341 e. The van der Waals surface area contributed by atoms with Gasteiger partial charge in [0.25, 0.3) is 5.56 Å². The Labute approximate surface area is 188 Å². The van der Waals surface area contributed by atoms with Crippen LogP contribution in [-0.4, -0.2) is 42.8 Å². The molecular weight excluding hydrogens is 430 g/mol. The first kappa shape index (κ1) is 21.6. The molecular formula is C22H25N5O2S2. The molecule has 31 heavy (non-hydrogen) atoms. The summed E-state index contributed by atoms with van der Waals surface area (Å²) in [6.45, 7) is 3.33. The molecule has 4 aromatic rings. The highest BCUT2D eigenvalue weighted by atomic mass is 32.2.